The van der Waals surface area contributed by atoms with Gasteiger partial charge in [0.25, 0.3) is 11.8 Å². The van der Waals surface area contributed by atoms with Crippen LogP contribution in [-0.2, 0) is 0 Å². The summed E-state index contributed by atoms with van der Waals surface area (Å²) in [4.78, 5) is 25.2. The van der Waals surface area contributed by atoms with Gasteiger partial charge in [-0.3, -0.25) is 9.59 Å². The number of anilines is 1. The number of aryl methyl sites for hydroxylation is 1. The Kier molecular flexibility index (Phi) is 6.37. The number of halogens is 1. The maximum Gasteiger partial charge on any atom is 0.258 e. The Labute approximate surface area is 186 Å². The number of nitrogens with zero attached hydrogens (tertiary/aromatic N) is 2. The molecule has 4 rings (SSSR count). The van der Waals surface area contributed by atoms with Crippen molar-refractivity contribution in [1.82, 2.24) is 15.1 Å². The van der Waals surface area contributed by atoms with Crippen molar-refractivity contribution >= 4 is 29.1 Å². The van der Waals surface area contributed by atoms with E-state index in [2.05, 4.69) is 15.7 Å². The molecule has 7 heteroatoms. The van der Waals surface area contributed by atoms with E-state index in [9.17, 15) is 9.59 Å². The molecule has 31 heavy (non-hydrogen) atoms. The van der Waals surface area contributed by atoms with Crippen LogP contribution in [-0.4, -0.2) is 27.6 Å². The molecule has 0 aliphatic heterocycles. The number of amides is 2. The minimum atomic E-state index is -0.261. The Morgan fingerprint density at radius 1 is 1.00 bits per heavy atom. The largest absolute Gasteiger partial charge is 0.349 e. The van der Waals surface area contributed by atoms with E-state index < -0.39 is 0 Å². The molecular weight excluding hydrogens is 412 g/mol. The Balaban J connectivity index is 1.41. The summed E-state index contributed by atoms with van der Waals surface area (Å²) in [6.07, 6.45) is 8.86. The van der Waals surface area contributed by atoms with Crippen molar-refractivity contribution in [3.8, 4) is 5.69 Å². The minimum Gasteiger partial charge on any atom is -0.349 e. The monoisotopic (exact) mass is 436 g/mol. The van der Waals surface area contributed by atoms with Crippen molar-refractivity contribution < 1.29 is 9.59 Å². The zero-order chi connectivity index (χ0) is 21.8. The predicted molar refractivity (Wildman–Crippen MR) is 122 cm³/mol. The van der Waals surface area contributed by atoms with Crippen LogP contribution >= 0.6 is 11.6 Å². The summed E-state index contributed by atoms with van der Waals surface area (Å²) in [6.45, 7) is 1.88. The number of benzene rings is 2. The zero-order valence-corrected chi connectivity index (χ0v) is 18.2. The number of hydrogen-bond donors (Lipinski definition) is 2. The van der Waals surface area contributed by atoms with E-state index in [0.29, 0.717) is 21.8 Å². The van der Waals surface area contributed by atoms with Crippen LogP contribution in [0.25, 0.3) is 5.69 Å². The molecule has 1 aromatic heterocycles. The Hall–Kier alpha value is -3.12. The summed E-state index contributed by atoms with van der Waals surface area (Å²) in [5.41, 5.74) is 3.35. The maximum atomic E-state index is 12.7. The summed E-state index contributed by atoms with van der Waals surface area (Å²) in [6, 6.07) is 12.8. The first kappa shape index (κ1) is 21.1. The Bertz CT molecular complexity index is 1090. The molecule has 0 atom stereocenters. The van der Waals surface area contributed by atoms with Crippen molar-refractivity contribution in [3.63, 3.8) is 0 Å². The molecule has 2 aromatic carbocycles. The van der Waals surface area contributed by atoms with Gasteiger partial charge in [0.2, 0.25) is 0 Å². The molecule has 1 aliphatic rings. The lowest BCUT2D eigenvalue weighted by Gasteiger charge is -2.23. The second-order valence-electron chi connectivity index (χ2n) is 7.94. The lowest BCUT2D eigenvalue weighted by atomic mass is 9.95. The van der Waals surface area contributed by atoms with Gasteiger partial charge in [-0.25, -0.2) is 4.68 Å². The highest BCUT2D eigenvalue weighted by Gasteiger charge is 2.17. The molecule has 0 radical (unpaired) electrons. The molecule has 0 unspecified atom stereocenters. The summed E-state index contributed by atoms with van der Waals surface area (Å²) in [5, 5.41) is 10.9. The van der Waals surface area contributed by atoms with E-state index >= 15 is 0 Å². The quantitative estimate of drug-likeness (QED) is 0.580. The molecule has 2 N–H and O–H groups in total. The average molecular weight is 437 g/mol. The van der Waals surface area contributed by atoms with Gasteiger partial charge in [0.05, 0.1) is 17.4 Å². The number of aromatic nitrogens is 2. The SMILES string of the molecule is Cc1cc(C(=O)NC2CCCCC2)ccc1NC(=O)c1cnn(-c2ccc(Cl)cc2)c1. The van der Waals surface area contributed by atoms with E-state index in [1.54, 1.807) is 35.1 Å². The van der Waals surface area contributed by atoms with Crippen LogP contribution in [0.2, 0.25) is 5.02 Å². The summed E-state index contributed by atoms with van der Waals surface area (Å²) in [5.74, 6) is -0.320. The van der Waals surface area contributed by atoms with Gasteiger partial charge in [-0.1, -0.05) is 30.9 Å². The topological polar surface area (TPSA) is 76.0 Å². The molecule has 1 saturated carbocycles. The van der Waals surface area contributed by atoms with E-state index in [1.165, 1.54) is 25.5 Å². The zero-order valence-electron chi connectivity index (χ0n) is 17.4. The third-order valence-corrected chi connectivity index (χ3v) is 5.87. The smallest absolute Gasteiger partial charge is 0.258 e. The van der Waals surface area contributed by atoms with E-state index in [1.807, 2.05) is 25.1 Å². The second kappa shape index (κ2) is 9.35. The number of rotatable bonds is 5. The van der Waals surface area contributed by atoms with Gasteiger partial charge >= 0.3 is 0 Å². The lowest BCUT2D eigenvalue weighted by molar-refractivity contribution is 0.0927. The lowest BCUT2D eigenvalue weighted by Crippen LogP contribution is -2.36. The van der Waals surface area contributed by atoms with Gasteiger partial charge in [-0.15, -0.1) is 0 Å². The fraction of sp³-hybridized carbons (Fsp3) is 0.292. The fourth-order valence-electron chi connectivity index (χ4n) is 3.83. The van der Waals surface area contributed by atoms with Gasteiger partial charge in [-0.05, 0) is 67.8 Å². The summed E-state index contributed by atoms with van der Waals surface area (Å²) < 4.78 is 1.62. The van der Waals surface area contributed by atoms with Crippen LogP contribution in [0.1, 0.15) is 58.4 Å². The van der Waals surface area contributed by atoms with Gasteiger partial charge in [0.15, 0.2) is 0 Å². The van der Waals surface area contributed by atoms with Crippen molar-refractivity contribution in [2.75, 3.05) is 5.32 Å². The number of carbonyl (C=O) groups excluding carboxylic acids is 2. The Morgan fingerprint density at radius 2 is 1.74 bits per heavy atom. The molecule has 0 bridgehead atoms. The van der Waals surface area contributed by atoms with Gasteiger partial charge < -0.3 is 10.6 Å². The fourth-order valence-corrected chi connectivity index (χ4v) is 3.96. The van der Waals surface area contributed by atoms with E-state index in [0.717, 1.165) is 24.1 Å². The van der Waals surface area contributed by atoms with Crippen LogP contribution in [0.3, 0.4) is 0 Å². The van der Waals surface area contributed by atoms with Crippen LogP contribution in [0.5, 0.6) is 0 Å². The van der Waals surface area contributed by atoms with Gasteiger partial charge in [-0.2, -0.15) is 5.10 Å². The van der Waals surface area contributed by atoms with Crippen LogP contribution in [0.15, 0.2) is 54.9 Å². The normalized spacial score (nSPS) is 14.3. The first-order valence-electron chi connectivity index (χ1n) is 10.5. The third-order valence-electron chi connectivity index (χ3n) is 5.61. The highest BCUT2D eigenvalue weighted by Crippen LogP contribution is 2.21. The van der Waals surface area contributed by atoms with Crippen molar-refractivity contribution in [2.45, 2.75) is 45.1 Å². The van der Waals surface area contributed by atoms with Crippen molar-refractivity contribution in [1.29, 1.82) is 0 Å². The molecule has 1 fully saturated rings. The molecule has 160 valence electrons. The first-order valence-corrected chi connectivity index (χ1v) is 10.9. The molecule has 2 amide bonds. The van der Waals surface area contributed by atoms with Crippen molar-refractivity contribution in [3.05, 3.63) is 76.6 Å². The highest BCUT2D eigenvalue weighted by atomic mass is 35.5. The van der Waals surface area contributed by atoms with Crippen LogP contribution < -0.4 is 10.6 Å². The maximum absolute atomic E-state index is 12.7. The van der Waals surface area contributed by atoms with E-state index in [4.69, 9.17) is 11.6 Å². The number of carbonyl (C=O) groups is 2. The van der Waals surface area contributed by atoms with Crippen LogP contribution in [0.4, 0.5) is 5.69 Å². The average Bonchev–Trinajstić information content (AvgIpc) is 3.27. The molecule has 3 aromatic rings. The molecule has 6 nitrogen and oxygen atoms in total. The van der Waals surface area contributed by atoms with E-state index in [-0.39, 0.29) is 17.9 Å². The van der Waals surface area contributed by atoms with Crippen molar-refractivity contribution in [2.24, 2.45) is 0 Å². The predicted octanol–water partition coefficient (Wildman–Crippen LogP) is 5.15. The van der Waals surface area contributed by atoms with Gasteiger partial charge in [0, 0.05) is 28.5 Å². The standard InChI is InChI=1S/C24H25ClN4O2/c1-16-13-17(23(30)27-20-5-3-2-4-6-20)7-12-22(16)28-24(31)18-14-26-29(15-18)21-10-8-19(25)9-11-21/h7-15,20H,2-6H2,1H3,(H,27,30)(H,28,31). The summed E-state index contributed by atoms with van der Waals surface area (Å²) in [7, 11) is 0. The third kappa shape index (κ3) is 5.14. The second-order valence-corrected chi connectivity index (χ2v) is 8.38. The molecule has 0 saturated heterocycles. The highest BCUT2D eigenvalue weighted by molar-refractivity contribution is 6.30. The molecular formula is C24H25ClN4O2. The Morgan fingerprint density at radius 3 is 2.45 bits per heavy atom. The molecule has 1 heterocycles. The molecule has 0 spiro atoms. The minimum absolute atomic E-state index is 0.0582. The summed E-state index contributed by atoms with van der Waals surface area (Å²) >= 11 is 5.92. The number of hydrogen-bond acceptors (Lipinski definition) is 3. The first-order chi connectivity index (χ1) is 15.0. The number of nitrogens with one attached hydrogen (secondary N) is 2. The molecule has 1 aliphatic carbocycles. The van der Waals surface area contributed by atoms with Gasteiger partial charge in [0.1, 0.15) is 0 Å². The van der Waals surface area contributed by atoms with Crippen LogP contribution in [0, 0.1) is 6.92 Å².